The number of carboxylic acid groups (broad SMARTS) is 1. The van der Waals surface area contributed by atoms with E-state index in [4.69, 9.17) is 14.9 Å². The van der Waals surface area contributed by atoms with Gasteiger partial charge in [0.05, 0.1) is 12.5 Å². The number of amides is 1. The van der Waals surface area contributed by atoms with E-state index in [0.717, 1.165) is 12.8 Å². The number of carbonyl (C=O) groups is 2. The monoisotopic (exact) mass is 231 g/mol. The third-order valence-corrected chi connectivity index (χ3v) is 2.53. The molecule has 1 heterocycles. The normalized spacial score (nSPS) is 22.4. The summed E-state index contributed by atoms with van der Waals surface area (Å²) in [4.78, 5) is 21.8. The second-order valence-electron chi connectivity index (χ2n) is 3.85. The first kappa shape index (κ1) is 12.9. The topological polar surface area (TPSA) is 95.9 Å². The molecular weight excluding hydrogens is 214 g/mol. The minimum absolute atomic E-state index is 0.0225. The van der Waals surface area contributed by atoms with Gasteiger partial charge in [-0.25, -0.2) is 4.79 Å². The summed E-state index contributed by atoms with van der Waals surface area (Å²) in [5.74, 6) is -1.54. The van der Waals surface area contributed by atoms with E-state index in [1.54, 1.807) is 0 Å². The lowest BCUT2D eigenvalue weighted by atomic mass is 10.0. The molecule has 0 aliphatic carbocycles. The van der Waals surface area contributed by atoms with Crippen LogP contribution in [0.5, 0.6) is 0 Å². The van der Waals surface area contributed by atoms with E-state index in [1.807, 2.05) is 0 Å². The van der Waals surface area contributed by atoms with Crippen molar-refractivity contribution in [2.45, 2.75) is 25.4 Å². The average molecular weight is 231 g/mol. The summed E-state index contributed by atoms with van der Waals surface area (Å²) >= 11 is 0. The molecule has 0 saturated carbocycles. The lowest BCUT2D eigenvalue weighted by molar-refractivity contribution is -0.147. The zero-order valence-electron chi connectivity index (χ0n) is 9.02. The molecule has 0 bridgehead atoms. The molecule has 1 amide bonds. The number of hydrogen-bond acceptors (Lipinski definition) is 4. The maximum absolute atomic E-state index is 11.5. The van der Waals surface area contributed by atoms with Gasteiger partial charge in [0.25, 0.3) is 0 Å². The van der Waals surface area contributed by atoms with Gasteiger partial charge >= 0.3 is 5.97 Å². The van der Waals surface area contributed by atoms with E-state index in [0.29, 0.717) is 13.2 Å². The van der Waals surface area contributed by atoms with Crippen LogP contribution < -0.4 is 5.32 Å². The molecule has 1 aliphatic heterocycles. The highest BCUT2D eigenvalue weighted by Gasteiger charge is 2.21. The summed E-state index contributed by atoms with van der Waals surface area (Å²) in [6.45, 7) is 1.29. The molecule has 2 atom stereocenters. The molecule has 2 unspecified atom stereocenters. The van der Waals surface area contributed by atoms with E-state index in [-0.39, 0.29) is 24.8 Å². The minimum Gasteiger partial charge on any atom is -0.479 e. The number of nitrogens with one attached hydrogen (secondary N) is 1. The third kappa shape index (κ3) is 4.16. The highest BCUT2D eigenvalue weighted by molar-refractivity contribution is 5.79. The number of carbonyl (C=O) groups excluding carboxylic acids is 1. The second kappa shape index (κ2) is 6.44. The lowest BCUT2D eigenvalue weighted by Gasteiger charge is -2.21. The molecule has 6 heteroatoms. The van der Waals surface area contributed by atoms with Gasteiger partial charge in [-0.15, -0.1) is 0 Å². The first-order valence-electron chi connectivity index (χ1n) is 5.37. The molecule has 1 aliphatic rings. The largest absolute Gasteiger partial charge is 0.479 e. The molecule has 0 aromatic heterocycles. The standard InChI is InChI=1S/C10H17NO5/c12-8(10(14)15)3-4-11-9(13)7-2-1-5-16-6-7/h7-8,12H,1-6H2,(H,11,13)(H,14,15). The number of aliphatic carboxylic acids is 1. The smallest absolute Gasteiger partial charge is 0.332 e. The molecule has 6 nitrogen and oxygen atoms in total. The Morgan fingerprint density at radius 3 is 2.81 bits per heavy atom. The van der Waals surface area contributed by atoms with Gasteiger partial charge in [0, 0.05) is 19.6 Å². The maximum Gasteiger partial charge on any atom is 0.332 e. The molecule has 92 valence electrons. The average Bonchev–Trinajstić information content (AvgIpc) is 2.29. The molecule has 16 heavy (non-hydrogen) atoms. The highest BCUT2D eigenvalue weighted by atomic mass is 16.5. The van der Waals surface area contributed by atoms with Crippen LogP contribution in [-0.4, -0.2) is 48.0 Å². The van der Waals surface area contributed by atoms with Crippen LogP contribution in [0.1, 0.15) is 19.3 Å². The Balaban J connectivity index is 2.16. The number of ether oxygens (including phenoxy) is 1. The van der Waals surface area contributed by atoms with Gasteiger partial charge in [-0.1, -0.05) is 0 Å². The van der Waals surface area contributed by atoms with E-state index in [9.17, 15) is 9.59 Å². The van der Waals surface area contributed by atoms with Crippen LogP contribution in [0.25, 0.3) is 0 Å². The van der Waals surface area contributed by atoms with Crippen molar-refractivity contribution >= 4 is 11.9 Å². The molecule has 1 rings (SSSR count). The number of aliphatic hydroxyl groups excluding tert-OH is 1. The summed E-state index contributed by atoms with van der Waals surface area (Å²) in [7, 11) is 0. The Bertz CT molecular complexity index is 250. The Morgan fingerprint density at radius 1 is 1.50 bits per heavy atom. The van der Waals surface area contributed by atoms with Crippen molar-refractivity contribution in [1.82, 2.24) is 5.32 Å². The fraction of sp³-hybridized carbons (Fsp3) is 0.800. The number of hydrogen-bond donors (Lipinski definition) is 3. The number of carboxylic acids is 1. The van der Waals surface area contributed by atoms with E-state index < -0.39 is 12.1 Å². The molecule has 0 spiro atoms. The Hall–Kier alpha value is -1.14. The van der Waals surface area contributed by atoms with Crippen LogP contribution in [0.4, 0.5) is 0 Å². The zero-order valence-corrected chi connectivity index (χ0v) is 9.02. The summed E-state index contributed by atoms with van der Waals surface area (Å²) in [5, 5.41) is 20.0. The van der Waals surface area contributed by atoms with Gasteiger partial charge < -0.3 is 20.3 Å². The van der Waals surface area contributed by atoms with Gasteiger partial charge in [-0.3, -0.25) is 4.79 Å². The van der Waals surface area contributed by atoms with Crippen molar-refractivity contribution in [2.75, 3.05) is 19.8 Å². The van der Waals surface area contributed by atoms with Crippen LogP contribution in [0.3, 0.4) is 0 Å². The number of rotatable bonds is 5. The van der Waals surface area contributed by atoms with Crippen LogP contribution >= 0.6 is 0 Å². The Morgan fingerprint density at radius 2 is 2.25 bits per heavy atom. The second-order valence-corrected chi connectivity index (χ2v) is 3.85. The zero-order chi connectivity index (χ0) is 12.0. The van der Waals surface area contributed by atoms with Crippen LogP contribution in [0.2, 0.25) is 0 Å². The van der Waals surface area contributed by atoms with Crippen molar-refractivity contribution < 1.29 is 24.5 Å². The molecular formula is C10H17NO5. The first-order valence-corrected chi connectivity index (χ1v) is 5.37. The van der Waals surface area contributed by atoms with Gasteiger partial charge in [0.1, 0.15) is 0 Å². The minimum atomic E-state index is -1.41. The van der Waals surface area contributed by atoms with E-state index in [1.165, 1.54) is 0 Å². The summed E-state index contributed by atoms with van der Waals surface area (Å²) < 4.78 is 5.16. The third-order valence-electron chi connectivity index (χ3n) is 2.53. The maximum atomic E-state index is 11.5. The molecule has 0 aromatic carbocycles. The van der Waals surface area contributed by atoms with E-state index in [2.05, 4.69) is 5.32 Å². The highest BCUT2D eigenvalue weighted by Crippen LogP contribution is 2.13. The number of aliphatic hydroxyl groups is 1. The van der Waals surface area contributed by atoms with Crippen molar-refractivity contribution in [3.63, 3.8) is 0 Å². The van der Waals surface area contributed by atoms with Crippen molar-refractivity contribution in [3.05, 3.63) is 0 Å². The van der Waals surface area contributed by atoms with Gasteiger partial charge in [-0.2, -0.15) is 0 Å². The van der Waals surface area contributed by atoms with Gasteiger partial charge in [0.15, 0.2) is 6.10 Å². The lowest BCUT2D eigenvalue weighted by Crippen LogP contribution is -2.37. The van der Waals surface area contributed by atoms with Gasteiger partial charge in [-0.05, 0) is 12.8 Å². The predicted molar refractivity (Wildman–Crippen MR) is 54.8 cm³/mol. The Kier molecular flexibility index (Phi) is 5.21. The Labute approximate surface area is 93.6 Å². The SMILES string of the molecule is O=C(O)C(O)CCNC(=O)C1CCCOC1. The predicted octanol–water partition coefficient (Wildman–Crippen LogP) is -0.635. The van der Waals surface area contributed by atoms with Crippen LogP contribution in [0, 0.1) is 5.92 Å². The van der Waals surface area contributed by atoms with Crippen molar-refractivity contribution in [1.29, 1.82) is 0 Å². The van der Waals surface area contributed by atoms with Crippen molar-refractivity contribution in [2.24, 2.45) is 5.92 Å². The fourth-order valence-electron chi connectivity index (χ4n) is 1.55. The summed E-state index contributed by atoms with van der Waals surface area (Å²) in [6, 6.07) is 0. The summed E-state index contributed by atoms with van der Waals surface area (Å²) in [5.41, 5.74) is 0. The van der Waals surface area contributed by atoms with Gasteiger partial charge in [0.2, 0.25) is 5.91 Å². The fourth-order valence-corrected chi connectivity index (χ4v) is 1.55. The first-order chi connectivity index (χ1) is 7.61. The molecule has 0 radical (unpaired) electrons. The van der Waals surface area contributed by atoms with Crippen molar-refractivity contribution in [3.8, 4) is 0 Å². The van der Waals surface area contributed by atoms with Crippen LogP contribution in [-0.2, 0) is 14.3 Å². The quantitative estimate of drug-likeness (QED) is 0.585. The summed E-state index contributed by atoms with van der Waals surface area (Å²) in [6.07, 6.45) is 0.278. The molecule has 1 fully saturated rings. The van der Waals surface area contributed by atoms with Crippen LogP contribution in [0.15, 0.2) is 0 Å². The molecule has 3 N–H and O–H groups in total. The molecule has 1 saturated heterocycles. The van der Waals surface area contributed by atoms with E-state index >= 15 is 0 Å². The molecule has 0 aromatic rings.